The average molecular weight is 348 g/mol. The van der Waals surface area contributed by atoms with Crippen LogP contribution in [0.4, 0.5) is 0 Å². The van der Waals surface area contributed by atoms with E-state index in [1.165, 1.54) is 0 Å². The number of hydrogen-bond donors (Lipinski definition) is 0. The van der Waals surface area contributed by atoms with Crippen molar-refractivity contribution in [1.29, 1.82) is 0 Å². The molecule has 1 saturated heterocycles. The molecule has 2 aliphatic heterocycles. The zero-order valence-corrected chi connectivity index (χ0v) is 14.0. The zero-order valence-electron chi connectivity index (χ0n) is 12.4. The molecule has 1 unspecified atom stereocenters. The Morgan fingerprint density at radius 3 is 2.78 bits per heavy atom. The lowest BCUT2D eigenvalue weighted by Gasteiger charge is -2.30. The summed E-state index contributed by atoms with van der Waals surface area (Å²) in [7, 11) is -3.44. The van der Waals surface area contributed by atoms with Crippen LogP contribution in [0.3, 0.4) is 0 Å². The van der Waals surface area contributed by atoms with Gasteiger partial charge in [-0.05, 0) is 30.0 Å². The van der Waals surface area contributed by atoms with E-state index in [-0.39, 0.29) is 5.75 Å². The van der Waals surface area contributed by atoms with Crippen LogP contribution >= 0.6 is 11.3 Å². The molecule has 0 radical (unpaired) electrons. The first kappa shape index (κ1) is 14.7. The Bertz CT molecular complexity index is 831. The fourth-order valence-electron chi connectivity index (χ4n) is 3.19. The van der Waals surface area contributed by atoms with Crippen LogP contribution in [0.15, 0.2) is 57.9 Å². The molecule has 0 spiro atoms. The fraction of sp³-hybridized carbons (Fsp3) is 0.312. The quantitative estimate of drug-likeness (QED) is 0.852. The van der Waals surface area contributed by atoms with E-state index in [9.17, 15) is 8.42 Å². The minimum atomic E-state index is -3.44. The summed E-state index contributed by atoms with van der Waals surface area (Å²) in [5.41, 5.74) is -0.867. The molecule has 23 heavy (non-hydrogen) atoms. The van der Waals surface area contributed by atoms with Gasteiger partial charge in [-0.2, -0.15) is 0 Å². The van der Waals surface area contributed by atoms with Crippen LogP contribution in [0.1, 0.15) is 17.7 Å². The number of oxime groups is 1. The minimum absolute atomic E-state index is 0.0810. The highest BCUT2D eigenvalue weighted by atomic mass is 32.2. The molecule has 2 aromatic rings. The van der Waals surface area contributed by atoms with E-state index in [1.54, 1.807) is 35.6 Å². The monoisotopic (exact) mass is 348 g/mol. The van der Waals surface area contributed by atoms with Crippen molar-refractivity contribution in [3.8, 4) is 0 Å². The lowest BCUT2D eigenvalue weighted by atomic mass is 10.2. The van der Waals surface area contributed by atoms with Gasteiger partial charge >= 0.3 is 0 Å². The molecule has 0 bridgehead atoms. The van der Waals surface area contributed by atoms with Crippen molar-refractivity contribution in [1.82, 2.24) is 4.90 Å². The Morgan fingerprint density at radius 2 is 2.04 bits per heavy atom. The molecule has 0 N–H and O–H groups in total. The fourth-order valence-corrected chi connectivity index (χ4v) is 5.59. The third kappa shape index (κ3) is 2.44. The molecular weight excluding hydrogens is 332 g/mol. The minimum Gasteiger partial charge on any atom is -0.364 e. The molecule has 1 aromatic heterocycles. The van der Waals surface area contributed by atoms with Crippen molar-refractivity contribution in [2.45, 2.75) is 23.5 Å². The molecule has 4 rings (SSSR count). The van der Waals surface area contributed by atoms with Gasteiger partial charge in [0.25, 0.3) is 0 Å². The van der Waals surface area contributed by atoms with Gasteiger partial charge in [-0.3, -0.25) is 0 Å². The summed E-state index contributed by atoms with van der Waals surface area (Å²) in [5, 5.41) is 6.18. The summed E-state index contributed by atoms with van der Waals surface area (Å²) in [6.45, 7) is 0.765. The number of hydrogen-bond acceptors (Lipinski definition) is 6. The summed E-state index contributed by atoms with van der Waals surface area (Å²) in [5.74, 6) is 0.670. The van der Waals surface area contributed by atoms with E-state index in [0.717, 1.165) is 23.7 Å². The predicted octanol–water partition coefficient (Wildman–Crippen LogP) is 2.71. The number of fused-ring (bicyclic) bond motifs is 1. The molecule has 2 aliphatic rings. The van der Waals surface area contributed by atoms with Crippen LogP contribution in [0, 0.1) is 0 Å². The van der Waals surface area contributed by atoms with Gasteiger partial charge in [0.05, 0.1) is 9.77 Å². The summed E-state index contributed by atoms with van der Waals surface area (Å²) >= 11 is 1.58. The summed E-state index contributed by atoms with van der Waals surface area (Å²) in [4.78, 5) is 9.05. The van der Waals surface area contributed by atoms with Gasteiger partial charge in [-0.15, -0.1) is 11.3 Å². The normalized spacial score (nSPS) is 23.5. The van der Waals surface area contributed by atoms with Gasteiger partial charge in [0.15, 0.2) is 15.7 Å². The molecule has 1 atom stereocenters. The highest BCUT2D eigenvalue weighted by Gasteiger charge is 2.52. The zero-order chi connectivity index (χ0) is 15.9. The Balaban J connectivity index is 1.65. The number of thiophene rings is 1. The first-order chi connectivity index (χ1) is 11.1. The molecule has 7 heteroatoms. The molecule has 1 aromatic carbocycles. The summed E-state index contributed by atoms with van der Waals surface area (Å²) in [6.07, 6.45) is 1.56. The van der Waals surface area contributed by atoms with Crippen LogP contribution in [0.2, 0.25) is 0 Å². The van der Waals surface area contributed by atoms with E-state index in [0.29, 0.717) is 11.3 Å². The van der Waals surface area contributed by atoms with Gasteiger partial charge in [0.2, 0.25) is 5.72 Å². The largest absolute Gasteiger partial charge is 0.364 e. The first-order valence-electron chi connectivity index (χ1n) is 7.46. The van der Waals surface area contributed by atoms with Crippen molar-refractivity contribution in [3.63, 3.8) is 0 Å². The van der Waals surface area contributed by atoms with Crippen LogP contribution in [-0.4, -0.2) is 37.2 Å². The van der Waals surface area contributed by atoms with E-state index >= 15 is 0 Å². The molecule has 0 aliphatic carbocycles. The van der Waals surface area contributed by atoms with Gasteiger partial charge in [0.1, 0.15) is 5.75 Å². The molecule has 3 heterocycles. The topological polar surface area (TPSA) is 59.0 Å². The number of nitrogens with zero attached hydrogens (tertiary/aromatic N) is 2. The van der Waals surface area contributed by atoms with Crippen molar-refractivity contribution in [2.24, 2.45) is 5.16 Å². The second-order valence-electron chi connectivity index (χ2n) is 5.76. The summed E-state index contributed by atoms with van der Waals surface area (Å²) in [6, 6.07) is 12.5. The van der Waals surface area contributed by atoms with Gasteiger partial charge in [-0.1, -0.05) is 29.4 Å². The maximum Gasteiger partial charge on any atom is 0.225 e. The van der Waals surface area contributed by atoms with Crippen molar-refractivity contribution >= 4 is 27.0 Å². The maximum atomic E-state index is 12.8. The third-order valence-electron chi connectivity index (χ3n) is 4.26. The first-order valence-corrected chi connectivity index (χ1v) is 9.99. The van der Waals surface area contributed by atoms with Crippen molar-refractivity contribution < 1.29 is 13.3 Å². The van der Waals surface area contributed by atoms with Gasteiger partial charge < -0.3 is 9.74 Å². The second kappa shape index (κ2) is 5.35. The number of amidine groups is 1. The van der Waals surface area contributed by atoms with E-state index in [4.69, 9.17) is 4.84 Å². The van der Waals surface area contributed by atoms with E-state index < -0.39 is 15.6 Å². The molecule has 0 amide bonds. The average Bonchev–Trinajstić information content (AvgIpc) is 3.24. The standard InChI is InChI=1S/C16H16N2O3S2/c19-23(20,13-6-2-1-3-7-13)12-16-9-5-10-18(16)15(17-21-16)14-8-4-11-22-14/h1-4,6-8,11H,5,9-10,12H2. The Labute approximate surface area is 139 Å². The smallest absolute Gasteiger partial charge is 0.225 e. The molecule has 120 valence electrons. The van der Waals surface area contributed by atoms with Crippen molar-refractivity contribution in [3.05, 3.63) is 52.7 Å². The maximum absolute atomic E-state index is 12.8. The molecule has 5 nitrogen and oxygen atoms in total. The van der Waals surface area contributed by atoms with Gasteiger partial charge in [0, 0.05) is 13.0 Å². The SMILES string of the molecule is O=S(=O)(CC12CCCN1C(c1cccs1)=NO2)c1ccccc1. The third-order valence-corrected chi connectivity index (χ3v) is 6.95. The molecule has 0 saturated carbocycles. The van der Waals surface area contributed by atoms with E-state index in [2.05, 4.69) is 5.16 Å². The van der Waals surface area contributed by atoms with Crippen LogP contribution in [-0.2, 0) is 14.7 Å². The molecule has 1 fully saturated rings. The summed E-state index contributed by atoms with van der Waals surface area (Å²) < 4.78 is 25.5. The van der Waals surface area contributed by atoms with Crippen LogP contribution in [0.25, 0.3) is 0 Å². The lowest BCUT2D eigenvalue weighted by Crippen LogP contribution is -2.48. The highest BCUT2D eigenvalue weighted by molar-refractivity contribution is 7.91. The van der Waals surface area contributed by atoms with Crippen molar-refractivity contribution in [2.75, 3.05) is 12.3 Å². The molecular formula is C16H16N2O3S2. The predicted molar refractivity (Wildman–Crippen MR) is 89.1 cm³/mol. The lowest BCUT2D eigenvalue weighted by molar-refractivity contribution is -0.0594. The van der Waals surface area contributed by atoms with Crippen LogP contribution in [0.5, 0.6) is 0 Å². The van der Waals surface area contributed by atoms with Gasteiger partial charge in [-0.25, -0.2) is 8.42 Å². The Morgan fingerprint density at radius 1 is 1.22 bits per heavy atom. The second-order valence-corrected chi connectivity index (χ2v) is 8.69. The number of benzene rings is 1. The number of rotatable bonds is 4. The number of sulfone groups is 1. The Kier molecular flexibility index (Phi) is 3.42. The van der Waals surface area contributed by atoms with E-state index in [1.807, 2.05) is 28.5 Å². The Hall–Kier alpha value is -1.86. The van der Waals surface area contributed by atoms with Crippen LogP contribution < -0.4 is 0 Å². The highest BCUT2D eigenvalue weighted by Crippen LogP contribution is 2.39.